The summed E-state index contributed by atoms with van der Waals surface area (Å²) in [6.07, 6.45) is 1.29. The second-order valence-corrected chi connectivity index (χ2v) is 53.8. The third-order valence-electron chi connectivity index (χ3n) is 2.25. The Hall–Kier alpha value is 4.49. The number of nitrogens with one attached hydrogen (secondary N) is 1. The molecule has 0 aromatic carbocycles. The maximum absolute atomic E-state index is 12.4. The predicted octanol–water partition coefficient (Wildman–Crippen LogP) is 6.98. The van der Waals surface area contributed by atoms with Gasteiger partial charge in [0, 0.05) is 13.6 Å². The van der Waals surface area contributed by atoms with Gasteiger partial charge in [-0.2, -0.15) is 0 Å². The van der Waals surface area contributed by atoms with Crippen molar-refractivity contribution in [3.8, 4) is 0 Å². The van der Waals surface area contributed by atoms with Crippen LogP contribution in [0, 0.1) is 0 Å². The fourth-order valence-corrected chi connectivity index (χ4v) is 102. The number of rotatable bonds is 13. The summed E-state index contributed by atoms with van der Waals surface area (Å²) >= 11 is 0. The maximum atomic E-state index is 12.4. The monoisotopic (exact) mass is 590 g/mol. The predicted molar refractivity (Wildman–Crippen MR) is 147 cm³/mol. The maximum Gasteiger partial charge on any atom is 0.226 e. The van der Waals surface area contributed by atoms with E-state index >= 15 is 0 Å². The van der Waals surface area contributed by atoms with Crippen LogP contribution in [-0.2, 0) is 9.53 Å². The van der Waals surface area contributed by atoms with Gasteiger partial charge in [-0.1, -0.05) is 15.9 Å². The normalized spacial score (nSPS) is 17.0. The van der Waals surface area contributed by atoms with Gasteiger partial charge in [-0.15, -0.1) is 44.6 Å². The molecule has 0 saturated heterocycles. The number of carbonyl (C=O) groups is 2. The molecule has 0 spiro atoms. The zero-order valence-electron chi connectivity index (χ0n) is 13.6. The van der Waals surface area contributed by atoms with Crippen molar-refractivity contribution < 1.29 is 19.4 Å². The van der Waals surface area contributed by atoms with E-state index in [1.54, 1.807) is 0 Å². The molecule has 1 N–H and O–H groups in total. The molecule has 1 amide bonds. The van der Waals surface area contributed by atoms with E-state index in [9.17, 15) is 14.7 Å². The van der Waals surface area contributed by atoms with Crippen molar-refractivity contribution in [3.05, 3.63) is 0 Å². The molecular formula is C7H25NO4P13-. The Balaban J connectivity index is 5.16. The molecule has 11 atom stereocenters. The van der Waals surface area contributed by atoms with E-state index < -0.39 is 41.1 Å². The zero-order valence-corrected chi connectivity index (χ0v) is 26.9. The van der Waals surface area contributed by atoms with E-state index in [0.717, 1.165) is 6.42 Å². The van der Waals surface area contributed by atoms with Crippen molar-refractivity contribution in [1.29, 1.82) is 0 Å². The third kappa shape index (κ3) is 13.5. The lowest BCUT2D eigenvalue weighted by Gasteiger charge is -2.39. The molecule has 0 aliphatic rings. The fourth-order valence-electron chi connectivity index (χ4n) is 1.29. The van der Waals surface area contributed by atoms with Crippen LogP contribution in [0.4, 0.5) is 4.79 Å². The molecule has 25 heavy (non-hydrogen) atoms. The lowest BCUT2D eigenvalue weighted by molar-refractivity contribution is -0.232. The summed E-state index contributed by atoms with van der Waals surface area (Å²) in [4.78, 5) is 23.5. The quantitative estimate of drug-likeness (QED) is 0.186. The van der Waals surface area contributed by atoms with Crippen LogP contribution in [0.5, 0.6) is 0 Å². The SMILES string of the molecule is CCCOCCC(=O)NP(P(P)P(P)P)P(P(P)P)P(P)PC(=O)[O-]. The van der Waals surface area contributed by atoms with Crippen LogP contribution < -0.4 is 10.2 Å². The van der Waals surface area contributed by atoms with Crippen molar-refractivity contribution in [1.82, 2.24) is 5.09 Å². The first kappa shape index (κ1) is 29.5. The van der Waals surface area contributed by atoms with Crippen LogP contribution in [0.2, 0.25) is 0 Å². The molecule has 0 fully saturated rings. The molecule has 0 bridgehead atoms. The second-order valence-electron chi connectivity index (χ2n) is 4.28. The highest BCUT2D eigenvalue weighted by Crippen LogP contribution is 3.17. The number of amides is 1. The van der Waals surface area contributed by atoms with E-state index in [2.05, 4.69) is 58.7 Å². The Morgan fingerprint density at radius 2 is 1.68 bits per heavy atom. The van der Waals surface area contributed by atoms with Gasteiger partial charge >= 0.3 is 0 Å². The molecule has 0 aliphatic heterocycles. The van der Waals surface area contributed by atoms with Crippen molar-refractivity contribution in [2.24, 2.45) is 0 Å². The highest BCUT2D eigenvalue weighted by Gasteiger charge is 2.36. The fraction of sp³-hybridized carbons (Fsp3) is 0.714. The molecule has 148 valence electrons. The molecular weight excluding hydrogens is 565 g/mol. The highest BCUT2D eigenvalue weighted by atomic mass is 33.2. The average molecular weight is 590 g/mol. The first-order valence-corrected chi connectivity index (χ1v) is 29.9. The van der Waals surface area contributed by atoms with E-state index in [1.165, 1.54) is 0 Å². The Morgan fingerprint density at radius 1 is 1.08 bits per heavy atom. The summed E-state index contributed by atoms with van der Waals surface area (Å²) in [5, 5.41) is 14.4. The summed E-state index contributed by atoms with van der Waals surface area (Å²) < 4.78 is 5.41. The van der Waals surface area contributed by atoms with Gasteiger partial charge in [0.15, 0.2) is 0 Å². The standard InChI is InChI=1S/C7H26NO4P13/c1-2-4-12-5-3-6(9)8-20(24(18)21(13)14)25(22(15)16)23(17)19-7(10)11/h19H,2-5,13-18H2,1H3,(H,8,9)(H,10,11)/p-1. The largest absolute Gasteiger partial charge is 0.545 e. The second kappa shape index (κ2) is 17.1. The van der Waals surface area contributed by atoms with Gasteiger partial charge in [0.1, 0.15) is 0 Å². The van der Waals surface area contributed by atoms with Crippen LogP contribution >= 0.6 is 104 Å². The molecule has 0 radical (unpaired) electrons. The number of ether oxygens (including phenoxy) is 1. The minimum absolute atomic E-state index is 0.00791. The van der Waals surface area contributed by atoms with E-state index in [1.807, 2.05) is 6.92 Å². The van der Waals surface area contributed by atoms with Crippen molar-refractivity contribution in [3.63, 3.8) is 0 Å². The number of hydrogen-bond acceptors (Lipinski definition) is 4. The van der Waals surface area contributed by atoms with Crippen LogP contribution in [0.15, 0.2) is 0 Å². The summed E-state index contributed by atoms with van der Waals surface area (Å²) in [6.45, 7) is 0.457. The summed E-state index contributed by atoms with van der Waals surface area (Å²) in [5.41, 5.74) is -0.984. The van der Waals surface area contributed by atoms with Gasteiger partial charge in [-0.05, 0) is 42.6 Å². The summed E-state index contributed by atoms with van der Waals surface area (Å²) in [5.74, 6) is 0.00791. The van der Waals surface area contributed by atoms with E-state index in [0.29, 0.717) is 19.6 Å². The lowest BCUT2D eigenvalue weighted by atomic mass is 10.4. The Kier molecular flexibility index (Phi) is 20.2. The van der Waals surface area contributed by atoms with Gasteiger partial charge in [0.25, 0.3) is 0 Å². The van der Waals surface area contributed by atoms with E-state index in [-0.39, 0.29) is 21.2 Å². The van der Waals surface area contributed by atoms with Gasteiger partial charge in [-0.25, -0.2) is 0 Å². The van der Waals surface area contributed by atoms with Crippen molar-refractivity contribution >= 4 is 116 Å². The van der Waals surface area contributed by atoms with Crippen LogP contribution in [0.1, 0.15) is 19.8 Å². The van der Waals surface area contributed by atoms with Gasteiger partial charge in [0.2, 0.25) is 5.91 Å². The first-order valence-electron chi connectivity index (χ1n) is 6.75. The molecule has 0 heterocycles. The minimum atomic E-state index is -0.984. The number of carboxylic acid groups (broad SMARTS) is 1. The minimum Gasteiger partial charge on any atom is -0.545 e. The number of hydrogen-bond donors (Lipinski definition) is 1. The number of carbonyl (C=O) groups excluding carboxylic acids is 2. The first-order chi connectivity index (χ1) is 11.6. The topological polar surface area (TPSA) is 78.5 Å². The molecule has 0 saturated carbocycles. The average Bonchev–Trinajstić information content (AvgIpc) is 2.48. The smallest absolute Gasteiger partial charge is 0.226 e. The van der Waals surface area contributed by atoms with Crippen LogP contribution in [0.3, 0.4) is 0 Å². The molecule has 0 rings (SSSR count). The zero-order chi connectivity index (χ0) is 19.6. The highest BCUT2D eigenvalue weighted by molar-refractivity contribution is 9.20. The summed E-state index contributed by atoms with van der Waals surface area (Å²) in [7, 11) is 16.1. The molecule has 0 aromatic rings. The Bertz CT molecular complexity index is 414. The summed E-state index contributed by atoms with van der Waals surface area (Å²) in [6, 6.07) is 0. The van der Waals surface area contributed by atoms with Crippen molar-refractivity contribution in [2.75, 3.05) is 13.2 Å². The molecule has 0 aliphatic carbocycles. The molecule has 0 aromatic heterocycles. The molecule has 5 nitrogen and oxygen atoms in total. The van der Waals surface area contributed by atoms with Gasteiger partial charge in [-0.3, -0.25) is 4.79 Å². The van der Waals surface area contributed by atoms with E-state index in [4.69, 9.17) is 4.74 Å². The van der Waals surface area contributed by atoms with Crippen LogP contribution in [0.25, 0.3) is 0 Å². The van der Waals surface area contributed by atoms with Gasteiger partial charge < -0.3 is 19.7 Å². The van der Waals surface area contributed by atoms with Crippen molar-refractivity contribution in [2.45, 2.75) is 19.8 Å². The Labute approximate surface area is 172 Å². The van der Waals surface area contributed by atoms with Crippen LogP contribution in [-0.4, -0.2) is 24.8 Å². The molecule has 11 unspecified atom stereocenters. The Morgan fingerprint density at radius 3 is 2.12 bits per heavy atom. The third-order valence-corrected chi connectivity index (χ3v) is 76.6. The van der Waals surface area contributed by atoms with Gasteiger partial charge in [0.05, 0.1) is 26.2 Å². The molecule has 18 heteroatoms. The lowest BCUT2D eigenvalue weighted by Crippen LogP contribution is -2.18.